The van der Waals surface area contributed by atoms with E-state index in [0.29, 0.717) is 13.2 Å². The number of hydrogen-bond donors (Lipinski definition) is 2. The van der Waals surface area contributed by atoms with Gasteiger partial charge in [-0.3, -0.25) is 4.79 Å². The van der Waals surface area contributed by atoms with Gasteiger partial charge in [0.15, 0.2) is 0 Å². The van der Waals surface area contributed by atoms with E-state index in [1.54, 1.807) is 0 Å². The molecule has 1 fully saturated rings. The molecule has 1 heterocycles. The zero-order chi connectivity index (χ0) is 12.8. The first-order valence-electron chi connectivity index (χ1n) is 4.42. The standard InChI is InChI=1S/C6H11NO2.C2HF3O2/c7-6(8)5-1-3-9-4-2-5;3-2(4,5)1(6)7/h5H,1-4H2,(H2,7,8);(H,6,7). The maximum absolute atomic E-state index is 10.6. The number of rotatable bonds is 1. The van der Waals surface area contributed by atoms with Gasteiger partial charge in [-0.2, -0.15) is 13.2 Å². The first-order chi connectivity index (χ1) is 7.25. The van der Waals surface area contributed by atoms with Crippen LogP contribution in [-0.2, 0) is 14.3 Å². The quantitative estimate of drug-likeness (QED) is 0.703. The average Bonchev–Trinajstić information content (AvgIpc) is 2.18. The molecule has 8 heteroatoms. The third-order valence-electron chi connectivity index (χ3n) is 1.87. The van der Waals surface area contributed by atoms with Crippen LogP contribution in [-0.4, -0.2) is 36.4 Å². The lowest BCUT2D eigenvalue weighted by molar-refractivity contribution is -0.192. The van der Waals surface area contributed by atoms with E-state index in [9.17, 15) is 18.0 Å². The number of nitrogens with two attached hydrogens (primary N) is 1. The molecule has 0 aromatic heterocycles. The highest BCUT2D eigenvalue weighted by atomic mass is 19.4. The summed E-state index contributed by atoms with van der Waals surface area (Å²) in [5.74, 6) is -2.87. The van der Waals surface area contributed by atoms with Crippen LogP contribution >= 0.6 is 0 Å². The topological polar surface area (TPSA) is 89.6 Å². The number of carboxylic acids is 1. The number of aliphatic carboxylic acids is 1. The minimum absolute atomic E-state index is 0.0683. The van der Waals surface area contributed by atoms with E-state index in [4.69, 9.17) is 20.4 Å². The Morgan fingerprint density at radius 3 is 1.81 bits per heavy atom. The Balaban J connectivity index is 0.000000293. The van der Waals surface area contributed by atoms with Crippen molar-refractivity contribution >= 4 is 11.9 Å². The van der Waals surface area contributed by atoms with E-state index in [0.717, 1.165) is 12.8 Å². The van der Waals surface area contributed by atoms with Gasteiger partial charge in [0.1, 0.15) is 0 Å². The Morgan fingerprint density at radius 2 is 1.62 bits per heavy atom. The van der Waals surface area contributed by atoms with Crippen molar-refractivity contribution in [1.82, 2.24) is 0 Å². The molecular formula is C8H12F3NO4. The fourth-order valence-electron chi connectivity index (χ4n) is 0.982. The van der Waals surface area contributed by atoms with Gasteiger partial charge in [0.05, 0.1) is 0 Å². The second-order valence-electron chi connectivity index (χ2n) is 3.09. The zero-order valence-corrected chi connectivity index (χ0v) is 8.29. The van der Waals surface area contributed by atoms with E-state index in [1.165, 1.54) is 0 Å². The molecule has 0 unspecified atom stereocenters. The lowest BCUT2D eigenvalue weighted by Gasteiger charge is -2.18. The summed E-state index contributed by atoms with van der Waals surface area (Å²) >= 11 is 0. The molecule has 0 saturated carbocycles. The van der Waals surface area contributed by atoms with Crippen molar-refractivity contribution in [3.05, 3.63) is 0 Å². The number of carboxylic acid groups (broad SMARTS) is 1. The van der Waals surface area contributed by atoms with Crippen LogP contribution in [0.2, 0.25) is 0 Å². The summed E-state index contributed by atoms with van der Waals surface area (Å²) in [6, 6.07) is 0. The van der Waals surface area contributed by atoms with Crippen molar-refractivity contribution in [3.8, 4) is 0 Å². The van der Waals surface area contributed by atoms with Gasteiger partial charge in [0.2, 0.25) is 5.91 Å². The first-order valence-corrected chi connectivity index (χ1v) is 4.42. The summed E-state index contributed by atoms with van der Waals surface area (Å²) < 4.78 is 36.8. The molecule has 0 aromatic carbocycles. The summed E-state index contributed by atoms with van der Waals surface area (Å²) in [6.45, 7) is 1.38. The number of alkyl halides is 3. The number of primary amides is 1. The molecule has 0 spiro atoms. The monoisotopic (exact) mass is 243 g/mol. The number of ether oxygens (including phenoxy) is 1. The first kappa shape index (κ1) is 14.7. The minimum Gasteiger partial charge on any atom is -0.475 e. The maximum atomic E-state index is 10.6. The van der Waals surface area contributed by atoms with Crippen LogP contribution in [0.1, 0.15) is 12.8 Å². The molecule has 0 bridgehead atoms. The lowest BCUT2D eigenvalue weighted by atomic mass is 10.0. The van der Waals surface area contributed by atoms with E-state index < -0.39 is 12.1 Å². The van der Waals surface area contributed by atoms with Gasteiger partial charge in [0, 0.05) is 19.1 Å². The number of carbonyl (C=O) groups excluding carboxylic acids is 1. The summed E-state index contributed by atoms with van der Waals surface area (Å²) in [5.41, 5.74) is 5.07. The fourth-order valence-corrected chi connectivity index (χ4v) is 0.982. The Labute approximate surface area is 89.4 Å². The third-order valence-corrected chi connectivity index (χ3v) is 1.87. The molecule has 16 heavy (non-hydrogen) atoms. The molecular weight excluding hydrogens is 231 g/mol. The molecule has 1 amide bonds. The summed E-state index contributed by atoms with van der Waals surface area (Å²) in [4.78, 5) is 19.4. The number of amides is 1. The molecule has 5 nitrogen and oxygen atoms in total. The molecule has 94 valence electrons. The van der Waals surface area contributed by atoms with Gasteiger partial charge in [0.25, 0.3) is 0 Å². The van der Waals surface area contributed by atoms with E-state index in [-0.39, 0.29) is 11.8 Å². The predicted molar refractivity (Wildman–Crippen MR) is 46.4 cm³/mol. The van der Waals surface area contributed by atoms with Crippen LogP contribution in [0.3, 0.4) is 0 Å². The van der Waals surface area contributed by atoms with Crippen molar-refractivity contribution in [3.63, 3.8) is 0 Å². The van der Waals surface area contributed by atoms with Gasteiger partial charge in [-0.25, -0.2) is 4.79 Å². The summed E-state index contributed by atoms with van der Waals surface area (Å²) in [6.07, 6.45) is -3.48. The highest BCUT2D eigenvalue weighted by Crippen LogP contribution is 2.13. The predicted octanol–water partition coefficient (Wildman–Crippen LogP) is 0.532. The molecule has 3 N–H and O–H groups in total. The van der Waals surface area contributed by atoms with Gasteiger partial charge in [-0.05, 0) is 12.8 Å². The van der Waals surface area contributed by atoms with Crippen LogP contribution in [0.15, 0.2) is 0 Å². The van der Waals surface area contributed by atoms with Crippen molar-refractivity contribution in [2.45, 2.75) is 19.0 Å². The zero-order valence-electron chi connectivity index (χ0n) is 8.29. The largest absolute Gasteiger partial charge is 0.490 e. The molecule has 1 saturated heterocycles. The van der Waals surface area contributed by atoms with Crippen molar-refractivity contribution in [2.24, 2.45) is 11.7 Å². The van der Waals surface area contributed by atoms with Gasteiger partial charge in [-0.1, -0.05) is 0 Å². The fraction of sp³-hybridized carbons (Fsp3) is 0.750. The Kier molecular flexibility index (Phi) is 5.79. The number of halogens is 3. The Morgan fingerprint density at radius 1 is 1.25 bits per heavy atom. The summed E-state index contributed by atoms with van der Waals surface area (Å²) in [5, 5.41) is 7.12. The van der Waals surface area contributed by atoms with Crippen LogP contribution in [0.4, 0.5) is 13.2 Å². The van der Waals surface area contributed by atoms with Crippen LogP contribution in [0.25, 0.3) is 0 Å². The molecule has 0 aromatic rings. The van der Waals surface area contributed by atoms with Gasteiger partial charge in [-0.15, -0.1) is 0 Å². The average molecular weight is 243 g/mol. The normalized spacial score (nSPS) is 17.2. The molecule has 0 atom stereocenters. The Hall–Kier alpha value is -1.31. The lowest BCUT2D eigenvalue weighted by Crippen LogP contribution is -2.28. The second kappa shape index (κ2) is 6.31. The number of carbonyl (C=O) groups is 2. The highest BCUT2D eigenvalue weighted by Gasteiger charge is 2.38. The molecule has 1 aliphatic rings. The molecule has 1 aliphatic heterocycles. The smallest absolute Gasteiger partial charge is 0.475 e. The van der Waals surface area contributed by atoms with Crippen LogP contribution < -0.4 is 5.73 Å². The molecule has 0 radical (unpaired) electrons. The summed E-state index contributed by atoms with van der Waals surface area (Å²) in [7, 11) is 0. The number of hydrogen-bond acceptors (Lipinski definition) is 3. The van der Waals surface area contributed by atoms with Crippen molar-refractivity contribution in [2.75, 3.05) is 13.2 Å². The van der Waals surface area contributed by atoms with Crippen LogP contribution in [0.5, 0.6) is 0 Å². The van der Waals surface area contributed by atoms with Gasteiger partial charge >= 0.3 is 12.1 Å². The third kappa shape index (κ3) is 6.23. The molecule has 1 rings (SSSR count). The maximum Gasteiger partial charge on any atom is 0.490 e. The van der Waals surface area contributed by atoms with Crippen molar-refractivity contribution < 1.29 is 32.6 Å². The van der Waals surface area contributed by atoms with Crippen molar-refractivity contribution in [1.29, 1.82) is 0 Å². The second-order valence-corrected chi connectivity index (χ2v) is 3.09. The minimum atomic E-state index is -5.08. The highest BCUT2D eigenvalue weighted by molar-refractivity contribution is 5.76. The van der Waals surface area contributed by atoms with E-state index >= 15 is 0 Å². The SMILES string of the molecule is NC(=O)C1CCOCC1.O=C(O)C(F)(F)F. The molecule has 0 aliphatic carbocycles. The van der Waals surface area contributed by atoms with E-state index in [1.807, 2.05) is 0 Å². The van der Waals surface area contributed by atoms with Gasteiger partial charge < -0.3 is 15.6 Å². The van der Waals surface area contributed by atoms with E-state index in [2.05, 4.69) is 0 Å². The van der Waals surface area contributed by atoms with Crippen LogP contribution in [0, 0.1) is 5.92 Å². The Bertz CT molecular complexity index is 248.